The Morgan fingerprint density at radius 2 is 0.953 bits per heavy atom. The second-order valence-corrected chi connectivity index (χ2v) is 16.7. The Morgan fingerprint density at radius 3 is 1.21 bits per heavy atom. The van der Waals surface area contributed by atoms with Gasteiger partial charge in [0.1, 0.15) is 0 Å². The molecular formula is C30H75N5O6Si2. The largest absolute Gasteiger partial charge is 0.500 e. The van der Waals surface area contributed by atoms with Crippen LogP contribution in [-0.2, 0) is 26.6 Å². The lowest BCUT2D eigenvalue weighted by Gasteiger charge is -2.28. The molecule has 1 fully saturated rings. The van der Waals surface area contributed by atoms with Crippen LogP contribution < -0.4 is 22.5 Å². The SMILES string of the molecule is CC(C)(C)N.CCO[Si](CCCN)(OCC)OCC.CCO[Si](CCCNCCN)(OCC)OCC.CN1CCCCC1. The van der Waals surface area contributed by atoms with Gasteiger partial charge >= 0.3 is 17.6 Å². The molecule has 0 aliphatic carbocycles. The molecule has 0 aromatic rings. The van der Waals surface area contributed by atoms with E-state index in [1.807, 2.05) is 62.3 Å². The zero-order valence-electron chi connectivity index (χ0n) is 30.1. The van der Waals surface area contributed by atoms with Crippen molar-refractivity contribution in [2.45, 2.75) is 112 Å². The molecule has 1 heterocycles. The average molecular weight is 658 g/mol. The van der Waals surface area contributed by atoms with E-state index in [0.717, 1.165) is 38.0 Å². The zero-order valence-corrected chi connectivity index (χ0v) is 32.1. The fourth-order valence-corrected chi connectivity index (χ4v) is 9.28. The molecule has 11 nitrogen and oxygen atoms in total. The van der Waals surface area contributed by atoms with Crippen LogP contribution >= 0.6 is 0 Å². The third-order valence-electron chi connectivity index (χ3n) is 5.61. The molecule has 13 heteroatoms. The highest BCUT2D eigenvalue weighted by molar-refractivity contribution is 6.61. The molecule has 1 saturated heterocycles. The first-order valence-corrected chi connectivity index (χ1v) is 20.7. The molecule has 1 aliphatic heterocycles. The van der Waals surface area contributed by atoms with Crippen LogP contribution in [0.5, 0.6) is 0 Å². The first-order chi connectivity index (χ1) is 20.4. The summed E-state index contributed by atoms with van der Waals surface area (Å²) in [6.07, 6.45) is 6.16. The number of piperidine rings is 1. The van der Waals surface area contributed by atoms with E-state index in [9.17, 15) is 0 Å². The van der Waals surface area contributed by atoms with Crippen LogP contribution in [0.1, 0.15) is 94.4 Å². The van der Waals surface area contributed by atoms with Gasteiger partial charge in [0.05, 0.1) is 0 Å². The number of hydrogen-bond donors (Lipinski definition) is 4. The van der Waals surface area contributed by atoms with Crippen molar-refractivity contribution in [3.8, 4) is 0 Å². The van der Waals surface area contributed by atoms with Crippen LogP contribution in [0.15, 0.2) is 0 Å². The third-order valence-corrected chi connectivity index (χ3v) is 11.9. The number of likely N-dealkylation sites (tertiary alicyclic amines) is 1. The van der Waals surface area contributed by atoms with Gasteiger partial charge in [0.25, 0.3) is 0 Å². The van der Waals surface area contributed by atoms with E-state index >= 15 is 0 Å². The summed E-state index contributed by atoms with van der Waals surface area (Å²) < 4.78 is 34.2. The van der Waals surface area contributed by atoms with Gasteiger partial charge in [-0.1, -0.05) is 6.42 Å². The molecule has 1 aliphatic rings. The summed E-state index contributed by atoms with van der Waals surface area (Å²) in [6.45, 7) is 27.3. The number of rotatable bonds is 21. The van der Waals surface area contributed by atoms with E-state index in [0.29, 0.717) is 52.7 Å². The Bertz CT molecular complexity index is 520. The highest BCUT2D eigenvalue weighted by atomic mass is 28.4. The average Bonchev–Trinajstić information content (AvgIpc) is 2.93. The fourth-order valence-electron chi connectivity index (χ4n) is 4.03. The van der Waals surface area contributed by atoms with Gasteiger partial charge in [0.2, 0.25) is 0 Å². The number of hydrogen-bond acceptors (Lipinski definition) is 11. The number of nitrogens with zero attached hydrogens (tertiary/aromatic N) is 1. The Kier molecular flexibility index (Phi) is 35.2. The summed E-state index contributed by atoms with van der Waals surface area (Å²) in [6, 6.07) is 1.68. The Labute approximate surface area is 269 Å². The molecule has 7 N–H and O–H groups in total. The highest BCUT2D eigenvalue weighted by Gasteiger charge is 2.40. The van der Waals surface area contributed by atoms with Crippen LogP contribution in [-0.4, -0.2) is 114 Å². The van der Waals surface area contributed by atoms with E-state index in [1.54, 1.807) is 0 Å². The van der Waals surface area contributed by atoms with Crippen molar-refractivity contribution in [2.75, 3.05) is 86.0 Å². The minimum absolute atomic E-state index is 0. The van der Waals surface area contributed by atoms with Crippen molar-refractivity contribution in [3.63, 3.8) is 0 Å². The smallest absolute Gasteiger partial charge is 0.374 e. The quantitative estimate of drug-likeness (QED) is 0.104. The predicted molar refractivity (Wildman–Crippen MR) is 186 cm³/mol. The third kappa shape index (κ3) is 33.2. The van der Waals surface area contributed by atoms with Gasteiger partial charge in [-0.25, -0.2) is 0 Å². The molecular weight excluding hydrogens is 583 g/mol. The van der Waals surface area contributed by atoms with E-state index in [4.69, 9.17) is 43.8 Å². The minimum atomic E-state index is -2.43. The van der Waals surface area contributed by atoms with E-state index in [2.05, 4.69) is 17.3 Å². The second kappa shape index (κ2) is 32.0. The summed E-state index contributed by atoms with van der Waals surface area (Å²) in [5, 5.41) is 3.26. The van der Waals surface area contributed by atoms with Crippen LogP contribution in [0.2, 0.25) is 12.1 Å². The Hall–Kier alpha value is -0.00623. The normalized spacial score (nSPS) is 14.2. The van der Waals surface area contributed by atoms with Gasteiger partial charge in [-0.2, -0.15) is 0 Å². The van der Waals surface area contributed by atoms with Crippen molar-refractivity contribution < 1.29 is 26.6 Å². The zero-order chi connectivity index (χ0) is 33.5. The van der Waals surface area contributed by atoms with Crippen LogP contribution in [0.25, 0.3) is 0 Å². The van der Waals surface area contributed by atoms with Crippen LogP contribution in [0.4, 0.5) is 0 Å². The molecule has 0 aromatic heterocycles. The summed E-state index contributed by atoms with van der Waals surface area (Å²) in [4.78, 5) is 2.39. The van der Waals surface area contributed by atoms with Gasteiger partial charge in [0.15, 0.2) is 0 Å². The Balaban J connectivity index is -0.000000545. The first kappa shape index (κ1) is 47.4. The molecule has 0 bridgehead atoms. The lowest BCUT2D eigenvalue weighted by molar-refractivity contribution is 0.0701. The van der Waals surface area contributed by atoms with Gasteiger partial charge in [0, 0.05) is 70.4 Å². The van der Waals surface area contributed by atoms with Crippen molar-refractivity contribution in [1.82, 2.24) is 10.2 Å². The number of nitrogens with two attached hydrogens (primary N) is 3. The molecule has 0 spiro atoms. The monoisotopic (exact) mass is 658 g/mol. The summed E-state index contributed by atoms with van der Waals surface area (Å²) in [5.74, 6) is 0. The van der Waals surface area contributed by atoms with Gasteiger partial charge < -0.3 is 54.0 Å². The van der Waals surface area contributed by atoms with Crippen LogP contribution in [0.3, 0.4) is 0 Å². The van der Waals surface area contributed by atoms with Crippen molar-refractivity contribution >= 4 is 17.6 Å². The van der Waals surface area contributed by atoms with Crippen molar-refractivity contribution in [3.05, 3.63) is 0 Å². The maximum absolute atomic E-state index is 5.76. The predicted octanol–water partition coefficient (Wildman–Crippen LogP) is 4.20. The van der Waals surface area contributed by atoms with E-state index < -0.39 is 17.6 Å². The molecule has 0 unspecified atom stereocenters. The van der Waals surface area contributed by atoms with Crippen LogP contribution in [0, 0.1) is 0 Å². The van der Waals surface area contributed by atoms with Gasteiger partial charge in [-0.3, -0.25) is 0 Å². The molecule has 0 radical (unpaired) electrons. The van der Waals surface area contributed by atoms with E-state index in [1.165, 1.54) is 32.4 Å². The summed E-state index contributed by atoms with van der Waals surface area (Å²) in [5.41, 5.74) is 16.2. The molecule has 0 amide bonds. The van der Waals surface area contributed by atoms with Crippen molar-refractivity contribution in [2.24, 2.45) is 17.2 Å². The maximum atomic E-state index is 5.76. The van der Waals surface area contributed by atoms with Crippen molar-refractivity contribution in [1.29, 1.82) is 0 Å². The summed E-state index contributed by atoms with van der Waals surface area (Å²) >= 11 is 0. The second-order valence-electron chi connectivity index (χ2n) is 11.2. The highest BCUT2D eigenvalue weighted by Crippen LogP contribution is 2.18. The molecule has 264 valence electrons. The Morgan fingerprint density at radius 1 is 0.605 bits per heavy atom. The minimum Gasteiger partial charge on any atom is -0.374 e. The van der Waals surface area contributed by atoms with Gasteiger partial charge in [-0.05, 0) is 121 Å². The molecule has 0 atom stereocenters. The molecule has 0 saturated carbocycles. The standard InChI is InChI=1S/C11H28N2O3Si.C9H23NO3Si.C6H13N.C4H11N/c1-4-14-17(15-5-2,16-6-3)11-7-9-13-10-8-12;1-4-11-14(12-5-2,13-6-3)9-7-8-10;1-7-5-3-2-4-6-7;1-4(2,3)5/h13H,4-12H2,1-3H3;4-10H2,1-3H3;2-6H2,1H3;5H2,1-3H3. The van der Waals surface area contributed by atoms with E-state index in [-0.39, 0.29) is 5.54 Å². The molecule has 1 rings (SSSR count). The van der Waals surface area contributed by atoms with Gasteiger partial charge in [-0.15, -0.1) is 0 Å². The fraction of sp³-hybridized carbons (Fsp3) is 1.00. The number of nitrogens with one attached hydrogen (secondary N) is 1. The molecule has 43 heavy (non-hydrogen) atoms. The lowest BCUT2D eigenvalue weighted by atomic mass is 10.1. The topological polar surface area (TPSA) is 149 Å². The maximum Gasteiger partial charge on any atom is 0.500 e. The first-order valence-electron chi connectivity index (χ1n) is 16.8. The molecule has 0 aromatic carbocycles. The lowest BCUT2D eigenvalue weighted by Crippen LogP contribution is -2.46. The summed E-state index contributed by atoms with van der Waals surface area (Å²) in [7, 11) is -2.63.